The Morgan fingerprint density at radius 1 is 0.760 bits per heavy atom. The number of aryl methyl sites for hydroxylation is 3. The first-order chi connectivity index (χ1) is 11.9. The molecule has 0 aliphatic heterocycles. The standard InChI is InChI=1S/C7H5FN2.C7H8FN.3C2H6/c1-5-7(8)2-6(3-9)4-10-5;1-5-3-7(8)6(2)9-4-5;3*1-2/h2,4H,1H3;3-4H,1-2H3;3*1-2H3. The largest absolute Gasteiger partial charge is 0.258 e. The van der Waals surface area contributed by atoms with Crippen LogP contribution in [0.1, 0.15) is 64.1 Å². The van der Waals surface area contributed by atoms with E-state index in [-0.39, 0.29) is 11.4 Å². The first-order valence-electron chi connectivity index (χ1n) is 8.55. The van der Waals surface area contributed by atoms with Crippen molar-refractivity contribution >= 4 is 0 Å². The molecule has 0 aromatic carbocycles. The van der Waals surface area contributed by atoms with Crippen LogP contribution in [0.2, 0.25) is 0 Å². The van der Waals surface area contributed by atoms with Gasteiger partial charge in [0.1, 0.15) is 17.7 Å². The van der Waals surface area contributed by atoms with Gasteiger partial charge in [0.2, 0.25) is 0 Å². The molecule has 140 valence electrons. The number of hydrogen-bond donors (Lipinski definition) is 0. The van der Waals surface area contributed by atoms with Gasteiger partial charge in [-0.2, -0.15) is 5.26 Å². The predicted molar refractivity (Wildman–Crippen MR) is 101 cm³/mol. The average Bonchev–Trinajstić information content (AvgIpc) is 2.66. The lowest BCUT2D eigenvalue weighted by Gasteiger charge is -1.93. The second-order valence-electron chi connectivity index (χ2n) is 3.98. The van der Waals surface area contributed by atoms with Crippen LogP contribution in [0.4, 0.5) is 8.78 Å². The quantitative estimate of drug-likeness (QED) is 0.558. The number of hydrogen-bond acceptors (Lipinski definition) is 3. The molecule has 2 aromatic rings. The van der Waals surface area contributed by atoms with E-state index in [9.17, 15) is 8.78 Å². The lowest BCUT2D eigenvalue weighted by Crippen LogP contribution is -1.88. The molecule has 2 aromatic heterocycles. The fraction of sp³-hybridized carbons (Fsp3) is 0.450. The highest BCUT2D eigenvalue weighted by Crippen LogP contribution is 2.04. The zero-order chi connectivity index (χ0) is 20.4. The lowest BCUT2D eigenvalue weighted by molar-refractivity contribution is 0.608. The molecule has 0 aliphatic rings. The van der Waals surface area contributed by atoms with Crippen LogP contribution in [0.5, 0.6) is 0 Å². The van der Waals surface area contributed by atoms with E-state index in [1.165, 1.54) is 18.3 Å². The van der Waals surface area contributed by atoms with Crippen molar-refractivity contribution in [3.63, 3.8) is 0 Å². The van der Waals surface area contributed by atoms with Gasteiger partial charge < -0.3 is 0 Å². The molecule has 0 N–H and O–H groups in total. The van der Waals surface area contributed by atoms with Gasteiger partial charge in [0, 0.05) is 12.4 Å². The van der Waals surface area contributed by atoms with Crippen molar-refractivity contribution in [3.05, 3.63) is 58.7 Å². The van der Waals surface area contributed by atoms with E-state index in [4.69, 9.17) is 5.26 Å². The Labute approximate surface area is 151 Å². The second-order valence-corrected chi connectivity index (χ2v) is 3.98. The topological polar surface area (TPSA) is 49.6 Å². The third-order valence-electron chi connectivity index (χ3n) is 2.32. The molecule has 0 fully saturated rings. The summed E-state index contributed by atoms with van der Waals surface area (Å²) in [5, 5.41) is 8.30. The van der Waals surface area contributed by atoms with E-state index in [2.05, 4.69) is 9.97 Å². The van der Waals surface area contributed by atoms with Crippen molar-refractivity contribution in [1.82, 2.24) is 9.97 Å². The van der Waals surface area contributed by atoms with Gasteiger partial charge in [-0.15, -0.1) is 0 Å². The van der Waals surface area contributed by atoms with Gasteiger partial charge in [-0.3, -0.25) is 9.97 Å². The SMILES string of the molecule is CC.CC.CC.Cc1cnc(C)c(F)c1.Cc1ncc(C#N)cc1F. The Hall–Kier alpha value is -2.35. The number of pyridine rings is 2. The van der Waals surface area contributed by atoms with Gasteiger partial charge in [0.25, 0.3) is 0 Å². The molecule has 2 rings (SSSR count). The zero-order valence-corrected chi connectivity index (χ0v) is 16.9. The minimum Gasteiger partial charge on any atom is -0.258 e. The van der Waals surface area contributed by atoms with Crippen molar-refractivity contribution in [1.29, 1.82) is 5.26 Å². The third-order valence-corrected chi connectivity index (χ3v) is 2.32. The Kier molecular flexibility index (Phi) is 19.8. The Bertz CT molecular complexity index is 621. The highest BCUT2D eigenvalue weighted by molar-refractivity contribution is 5.26. The monoisotopic (exact) mass is 351 g/mol. The third kappa shape index (κ3) is 12.7. The summed E-state index contributed by atoms with van der Waals surface area (Å²) in [5.41, 5.74) is 1.89. The molecule has 25 heavy (non-hydrogen) atoms. The number of rotatable bonds is 0. The summed E-state index contributed by atoms with van der Waals surface area (Å²) in [6, 6.07) is 4.44. The number of nitriles is 1. The summed E-state index contributed by atoms with van der Waals surface area (Å²) < 4.78 is 25.1. The van der Waals surface area contributed by atoms with Crippen LogP contribution in [0.15, 0.2) is 24.5 Å². The molecule has 0 aliphatic carbocycles. The van der Waals surface area contributed by atoms with E-state index in [0.29, 0.717) is 11.4 Å². The van der Waals surface area contributed by atoms with Crippen LogP contribution in [0.25, 0.3) is 0 Å². The molecular weight excluding hydrogens is 320 g/mol. The van der Waals surface area contributed by atoms with Gasteiger partial charge in [-0.25, -0.2) is 8.78 Å². The smallest absolute Gasteiger partial charge is 0.145 e. The van der Waals surface area contributed by atoms with E-state index in [0.717, 1.165) is 5.56 Å². The molecule has 5 heteroatoms. The van der Waals surface area contributed by atoms with Crippen molar-refractivity contribution in [2.45, 2.75) is 62.3 Å². The molecule has 0 saturated heterocycles. The van der Waals surface area contributed by atoms with E-state index < -0.39 is 5.82 Å². The molecular formula is C20H31F2N3. The van der Waals surface area contributed by atoms with Crippen LogP contribution in [0, 0.1) is 43.7 Å². The zero-order valence-electron chi connectivity index (χ0n) is 16.9. The normalized spacial score (nSPS) is 7.76. The number of aromatic nitrogens is 2. The minimum atomic E-state index is -0.431. The molecule has 3 nitrogen and oxygen atoms in total. The Balaban J connectivity index is -0.000000299. The minimum absolute atomic E-state index is 0.227. The van der Waals surface area contributed by atoms with Gasteiger partial charge >= 0.3 is 0 Å². The Morgan fingerprint density at radius 2 is 1.16 bits per heavy atom. The fourth-order valence-electron chi connectivity index (χ4n) is 1.17. The number of nitrogens with zero attached hydrogens (tertiary/aromatic N) is 3. The van der Waals surface area contributed by atoms with E-state index >= 15 is 0 Å². The van der Waals surface area contributed by atoms with Crippen molar-refractivity contribution in [2.24, 2.45) is 0 Å². The van der Waals surface area contributed by atoms with Crippen LogP contribution in [-0.4, -0.2) is 9.97 Å². The average molecular weight is 351 g/mol. The van der Waals surface area contributed by atoms with Crippen LogP contribution in [-0.2, 0) is 0 Å². The predicted octanol–water partition coefficient (Wildman–Crippen LogP) is 6.32. The molecule has 0 spiro atoms. The molecule has 0 atom stereocenters. The molecule has 2 heterocycles. The maximum Gasteiger partial charge on any atom is 0.145 e. The van der Waals surface area contributed by atoms with Crippen LogP contribution in [0.3, 0.4) is 0 Å². The van der Waals surface area contributed by atoms with Crippen molar-refractivity contribution in [3.8, 4) is 6.07 Å². The first kappa shape index (κ1) is 27.5. The maximum atomic E-state index is 12.6. The molecule has 0 amide bonds. The maximum absolute atomic E-state index is 12.6. The van der Waals surface area contributed by atoms with Crippen LogP contribution < -0.4 is 0 Å². The summed E-state index contributed by atoms with van der Waals surface area (Å²) in [5.74, 6) is -0.658. The molecule has 0 bridgehead atoms. The summed E-state index contributed by atoms with van der Waals surface area (Å²) >= 11 is 0. The first-order valence-corrected chi connectivity index (χ1v) is 8.55. The van der Waals surface area contributed by atoms with Gasteiger partial charge in [-0.05, 0) is 38.5 Å². The van der Waals surface area contributed by atoms with Crippen molar-refractivity contribution < 1.29 is 8.78 Å². The van der Waals surface area contributed by atoms with Gasteiger partial charge in [-0.1, -0.05) is 41.5 Å². The van der Waals surface area contributed by atoms with Crippen LogP contribution >= 0.6 is 0 Å². The summed E-state index contributed by atoms with van der Waals surface area (Å²) in [4.78, 5) is 7.46. The highest BCUT2D eigenvalue weighted by atomic mass is 19.1. The number of halogens is 2. The fourth-order valence-corrected chi connectivity index (χ4v) is 1.17. The van der Waals surface area contributed by atoms with Gasteiger partial charge in [0.15, 0.2) is 0 Å². The summed E-state index contributed by atoms with van der Waals surface area (Å²) in [6.45, 7) is 17.0. The highest BCUT2D eigenvalue weighted by Gasteiger charge is 1.98. The molecule has 0 unspecified atom stereocenters. The van der Waals surface area contributed by atoms with E-state index in [1.807, 2.05) is 48.5 Å². The Morgan fingerprint density at radius 3 is 1.48 bits per heavy atom. The van der Waals surface area contributed by atoms with Gasteiger partial charge in [0.05, 0.1) is 17.0 Å². The lowest BCUT2D eigenvalue weighted by atomic mass is 10.3. The van der Waals surface area contributed by atoms with Crippen molar-refractivity contribution in [2.75, 3.05) is 0 Å². The molecule has 0 radical (unpaired) electrons. The molecule has 0 saturated carbocycles. The summed E-state index contributed by atoms with van der Waals surface area (Å²) in [6.07, 6.45) is 3.00. The second kappa shape index (κ2) is 18.0. The van der Waals surface area contributed by atoms with E-state index in [1.54, 1.807) is 26.1 Å². The summed E-state index contributed by atoms with van der Waals surface area (Å²) in [7, 11) is 0.